The summed E-state index contributed by atoms with van der Waals surface area (Å²) in [6.07, 6.45) is -0.295. The third kappa shape index (κ3) is 3.07. The molecule has 0 bridgehead atoms. The zero-order valence-electron chi connectivity index (χ0n) is 11.4. The number of carbonyl (C=O) groups is 4. The molecule has 4 amide bonds. The number of imide groups is 3. The van der Waals surface area contributed by atoms with E-state index in [2.05, 4.69) is 5.32 Å². The second-order valence-corrected chi connectivity index (χ2v) is 4.36. The average Bonchev–Trinajstić information content (AvgIpc) is 2.74. The van der Waals surface area contributed by atoms with E-state index in [-0.39, 0.29) is 18.6 Å². The first-order valence-corrected chi connectivity index (χ1v) is 6.44. The maximum Gasteiger partial charge on any atom is 0.332 e. The van der Waals surface area contributed by atoms with Gasteiger partial charge < -0.3 is 10.1 Å². The van der Waals surface area contributed by atoms with Gasteiger partial charge in [-0.25, -0.2) is 4.79 Å². The minimum Gasteiger partial charge on any atom is -0.466 e. The minimum absolute atomic E-state index is 0.181. The number of hydrogen-bond acceptors (Lipinski definition) is 5. The molecular weight excluding hydrogens is 276 g/mol. The lowest BCUT2D eigenvalue weighted by Gasteiger charge is -2.11. The van der Waals surface area contributed by atoms with Crippen LogP contribution in [-0.2, 0) is 14.3 Å². The Morgan fingerprint density at radius 1 is 1.24 bits per heavy atom. The molecule has 110 valence electrons. The largest absolute Gasteiger partial charge is 0.466 e. The van der Waals surface area contributed by atoms with E-state index in [0.717, 1.165) is 0 Å². The number of ether oxygens (including phenoxy) is 1. The molecule has 1 atom stereocenters. The molecule has 1 unspecified atom stereocenters. The van der Waals surface area contributed by atoms with E-state index in [1.165, 1.54) is 12.1 Å². The summed E-state index contributed by atoms with van der Waals surface area (Å²) >= 11 is 0. The summed E-state index contributed by atoms with van der Waals surface area (Å²) in [6.45, 7) is 1.82. The van der Waals surface area contributed by atoms with Gasteiger partial charge in [0, 0.05) is 5.56 Å². The van der Waals surface area contributed by atoms with Gasteiger partial charge >= 0.3 is 12.0 Å². The Hall–Kier alpha value is -2.70. The van der Waals surface area contributed by atoms with E-state index >= 15 is 0 Å². The highest BCUT2D eigenvalue weighted by Gasteiger charge is 2.43. The van der Waals surface area contributed by atoms with Crippen LogP contribution in [0, 0.1) is 0 Å². The van der Waals surface area contributed by atoms with E-state index in [9.17, 15) is 19.2 Å². The van der Waals surface area contributed by atoms with Gasteiger partial charge in [-0.15, -0.1) is 0 Å². The van der Waals surface area contributed by atoms with E-state index in [4.69, 9.17) is 4.74 Å². The highest BCUT2D eigenvalue weighted by atomic mass is 16.5. The summed E-state index contributed by atoms with van der Waals surface area (Å²) in [5.41, 5.74) is 0.220. The monoisotopic (exact) mass is 290 g/mol. The van der Waals surface area contributed by atoms with Crippen molar-refractivity contribution in [2.75, 3.05) is 6.61 Å². The van der Waals surface area contributed by atoms with Crippen LogP contribution in [0.15, 0.2) is 30.3 Å². The van der Waals surface area contributed by atoms with Crippen LogP contribution in [0.25, 0.3) is 0 Å². The molecule has 0 saturated carbocycles. The molecule has 0 aliphatic carbocycles. The molecule has 1 fully saturated rings. The normalized spacial score (nSPS) is 17.6. The van der Waals surface area contributed by atoms with Crippen molar-refractivity contribution < 1.29 is 23.9 Å². The molecule has 1 heterocycles. The number of hydrogen-bond donors (Lipinski definition) is 1. The Kier molecular flexibility index (Phi) is 4.32. The average molecular weight is 290 g/mol. The SMILES string of the molecule is CCOC(=O)CC1NC(=O)N(C(=O)c2ccccc2)C1=O. The standard InChI is InChI=1S/C14H14N2O5/c1-2-21-11(17)8-10-13(19)16(14(20)15-10)12(18)9-6-4-3-5-7-9/h3-7,10H,2,8H2,1H3,(H,15,20). The van der Waals surface area contributed by atoms with Crippen LogP contribution in [0.2, 0.25) is 0 Å². The van der Waals surface area contributed by atoms with Gasteiger partial charge in [0.2, 0.25) is 0 Å². The third-order valence-corrected chi connectivity index (χ3v) is 2.92. The quantitative estimate of drug-likeness (QED) is 0.500. The van der Waals surface area contributed by atoms with Gasteiger partial charge in [0.05, 0.1) is 13.0 Å². The zero-order chi connectivity index (χ0) is 15.4. The van der Waals surface area contributed by atoms with Crippen molar-refractivity contribution in [3.05, 3.63) is 35.9 Å². The summed E-state index contributed by atoms with van der Waals surface area (Å²) in [4.78, 5) is 47.9. The lowest BCUT2D eigenvalue weighted by molar-refractivity contribution is -0.145. The smallest absolute Gasteiger partial charge is 0.332 e. The molecule has 2 rings (SSSR count). The molecule has 1 aromatic carbocycles. The fourth-order valence-corrected chi connectivity index (χ4v) is 1.96. The zero-order valence-corrected chi connectivity index (χ0v) is 11.4. The lowest BCUT2D eigenvalue weighted by atomic mass is 10.2. The topological polar surface area (TPSA) is 92.8 Å². The minimum atomic E-state index is -1.07. The van der Waals surface area contributed by atoms with Crippen molar-refractivity contribution in [3.8, 4) is 0 Å². The Labute approximate surface area is 120 Å². The number of carbonyl (C=O) groups excluding carboxylic acids is 4. The number of benzene rings is 1. The predicted molar refractivity (Wildman–Crippen MR) is 71.2 cm³/mol. The van der Waals surface area contributed by atoms with E-state index < -0.39 is 29.9 Å². The number of esters is 1. The molecule has 0 spiro atoms. The van der Waals surface area contributed by atoms with Crippen LogP contribution >= 0.6 is 0 Å². The third-order valence-electron chi connectivity index (χ3n) is 2.92. The molecule has 1 aromatic rings. The first kappa shape index (κ1) is 14.7. The van der Waals surface area contributed by atoms with Crippen molar-refractivity contribution in [2.24, 2.45) is 0 Å². The van der Waals surface area contributed by atoms with E-state index in [1.54, 1.807) is 25.1 Å². The highest BCUT2D eigenvalue weighted by molar-refractivity contribution is 6.21. The van der Waals surface area contributed by atoms with Crippen LogP contribution in [0.4, 0.5) is 4.79 Å². The van der Waals surface area contributed by atoms with Gasteiger partial charge in [0.15, 0.2) is 0 Å². The Balaban J connectivity index is 2.12. The molecule has 1 aliphatic rings. The second kappa shape index (κ2) is 6.17. The molecule has 0 aromatic heterocycles. The van der Waals surface area contributed by atoms with Gasteiger partial charge in [-0.2, -0.15) is 4.90 Å². The molecular formula is C14H14N2O5. The molecule has 0 radical (unpaired) electrons. The molecule has 21 heavy (non-hydrogen) atoms. The van der Waals surface area contributed by atoms with Gasteiger partial charge in [-0.3, -0.25) is 14.4 Å². The maximum absolute atomic E-state index is 12.2. The molecule has 1 aliphatic heterocycles. The maximum atomic E-state index is 12.2. The number of rotatable bonds is 4. The van der Waals surface area contributed by atoms with Crippen LogP contribution in [0.5, 0.6) is 0 Å². The summed E-state index contributed by atoms with van der Waals surface area (Å²) in [5, 5.41) is 2.31. The summed E-state index contributed by atoms with van der Waals surface area (Å²) in [7, 11) is 0. The van der Waals surface area contributed by atoms with Crippen molar-refractivity contribution in [3.63, 3.8) is 0 Å². The van der Waals surface area contributed by atoms with Gasteiger partial charge in [0.1, 0.15) is 6.04 Å². The number of amides is 4. The fourth-order valence-electron chi connectivity index (χ4n) is 1.96. The van der Waals surface area contributed by atoms with Crippen LogP contribution < -0.4 is 5.32 Å². The van der Waals surface area contributed by atoms with E-state index in [0.29, 0.717) is 4.90 Å². The van der Waals surface area contributed by atoms with Crippen LogP contribution in [0.1, 0.15) is 23.7 Å². The number of urea groups is 1. The first-order chi connectivity index (χ1) is 10.0. The second-order valence-electron chi connectivity index (χ2n) is 4.36. The van der Waals surface area contributed by atoms with E-state index in [1.807, 2.05) is 0 Å². The molecule has 1 N–H and O–H groups in total. The number of nitrogens with one attached hydrogen (secondary N) is 1. The molecule has 7 heteroatoms. The van der Waals surface area contributed by atoms with Crippen molar-refractivity contribution >= 4 is 23.8 Å². The van der Waals surface area contributed by atoms with Gasteiger partial charge in [-0.05, 0) is 19.1 Å². The van der Waals surface area contributed by atoms with Gasteiger partial charge in [0.25, 0.3) is 11.8 Å². The van der Waals surface area contributed by atoms with Crippen molar-refractivity contribution in [2.45, 2.75) is 19.4 Å². The summed E-state index contributed by atoms with van der Waals surface area (Å²) in [6, 6.07) is 6.08. The predicted octanol–water partition coefficient (Wildman–Crippen LogP) is 0.700. The Morgan fingerprint density at radius 2 is 1.90 bits per heavy atom. The Bertz CT molecular complexity index is 584. The summed E-state index contributed by atoms with van der Waals surface area (Å²) in [5.74, 6) is -2.07. The molecule has 1 saturated heterocycles. The van der Waals surface area contributed by atoms with Crippen molar-refractivity contribution in [1.82, 2.24) is 10.2 Å². The Morgan fingerprint density at radius 3 is 2.52 bits per heavy atom. The lowest BCUT2D eigenvalue weighted by Crippen LogP contribution is -2.37. The van der Waals surface area contributed by atoms with Crippen molar-refractivity contribution in [1.29, 1.82) is 0 Å². The molecule has 7 nitrogen and oxygen atoms in total. The first-order valence-electron chi connectivity index (χ1n) is 6.44. The van der Waals surface area contributed by atoms with Gasteiger partial charge in [-0.1, -0.05) is 18.2 Å². The highest BCUT2D eigenvalue weighted by Crippen LogP contribution is 2.14. The fraction of sp³-hybridized carbons (Fsp3) is 0.286. The van der Waals surface area contributed by atoms with Crippen LogP contribution in [0.3, 0.4) is 0 Å². The summed E-state index contributed by atoms with van der Waals surface area (Å²) < 4.78 is 4.72. The number of nitrogens with zero attached hydrogens (tertiary/aromatic N) is 1. The van der Waals surface area contributed by atoms with Crippen LogP contribution in [-0.4, -0.2) is 41.4 Å².